The summed E-state index contributed by atoms with van der Waals surface area (Å²) in [6, 6.07) is 13.5. The highest BCUT2D eigenvalue weighted by Crippen LogP contribution is 2.37. The Bertz CT molecular complexity index is 1390. The third-order valence-electron chi connectivity index (χ3n) is 4.82. The van der Waals surface area contributed by atoms with Gasteiger partial charge in [-0.1, -0.05) is 40.9 Å². The van der Waals surface area contributed by atoms with Crippen molar-refractivity contribution >= 4 is 52.0 Å². The van der Waals surface area contributed by atoms with Crippen molar-refractivity contribution in [2.75, 3.05) is 6.61 Å². The van der Waals surface area contributed by atoms with E-state index in [4.69, 9.17) is 44.3 Å². The van der Waals surface area contributed by atoms with Crippen LogP contribution in [0.1, 0.15) is 17.9 Å². The topological polar surface area (TPSA) is 146 Å². The minimum absolute atomic E-state index is 0.0412. The van der Waals surface area contributed by atoms with Gasteiger partial charge in [0, 0.05) is 30.7 Å². The van der Waals surface area contributed by atoms with Crippen molar-refractivity contribution in [1.82, 2.24) is 0 Å². The van der Waals surface area contributed by atoms with E-state index in [2.05, 4.69) is 0 Å². The van der Waals surface area contributed by atoms with Gasteiger partial charge in [0.1, 0.15) is 17.4 Å². The Morgan fingerprint density at radius 3 is 2.28 bits per heavy atom. The lowest BCUT2D eigenvalue weighted by molar-refractivity contribution is -0.385. The normalized spacial score (nSPS) is 11.3. The zero-order valence-electron chi connectivity index (χ0n) is 18.0. The van der Waals surface area contributed by atoms with Crippen LogP contribution in [0.2, 0.25) is 15.1 Å². The van der Waals surface area contributed by atoms with Crippen LogP contribution in [0.5, 0.6) is 17.2 Å². The van der Waals surface area contributed by atoms with E-state index >= 15 is 0 Å². The number of nitrogens with zero attached hydrogens (tertiary/aromatic N) is 3. The van der Waals surface area contributed by atoms with Crippen LogP contribution in [0, 0.1) is 31.6 Å². The van der Waals surface area contributed by atoms with Crippen LogP contribution in [0.15, 0.2) is 54.6 Å². The Labute approximate surface area is 218 Å². The number of Topliss-reactive ketones (excluding diaryl/α,β-unsaturated/α-hetero) is 1. The molecule has 1 unspecified atom stereocenters. The summed E-state index contributed by atoms with van der Waals surface area (Å²) in [6.45, 7) is -0.263. The van der Waals surface area contributed by atoms with Gasteiger partial charge in [-0.15, -0.1) is 0 Å². The quantitative estimate of drug-likeness (QED) is 0.196. The summed E-state index contributed by atoms with van der Waals surface area (Å²) in [5.74, 6) is -1.62. The van der Waals surface area contributed by atoms with E-state index in [0.717, 1.165) is 12.1 Å². The van der Waals surface area contributed by atoms with Gasteiger partial charge < -0.3 is 9.47 Å². The molecule has 0 spiro atoms. The maximum atomic E-state index is 12.6. The van der Waals surface area contributed by atoms with Gasteiger partial charge >= 0.3 is 5.69 Å². The van der Waals surface area contributed by atoms with Crippen molar-refractivity contribution in [3.8, 4) is 23.3 Å². The van der Waals surface area contributed by atoms with E-state index in [-0.39, 0.29) is 56.7 Å². The van der Waals surface area contributed by atoms with Crippen molar-refractivity contribution in [2.24, 2.45) is 0 Å². The number of halogens is 3. The first-order valence-electron chi connectivity index (χ1n) is 10.0. The number of hydrogen-bond donors (Lipinski definition) is 0. The standard InChI is InChI=1S/C23H14Cl3N3O7/c24-17-4-1-13(9-18(17)25)16(12-27)21(30)7-8-35-23-11-15(3-5-20(23)29(33)34)36-22-6-2-14(28(31)32)10-19(22)26/h1-6,9-11,16H,7-8H2. The molecular weight excluding hydrogens is 537 g/mol. The van der Waals surface area contributed by atoms with E-state index in [1.54, 1.807) is 0 Å². The van der Waals surface area contributed by atoms with Crippen molar-refractivity contribution in [3.05, 3.63) is 95.5 Å². The molecule has 0 saturated heterocycles. The van der Waals surface area contributed by atoms with Crippen LogP contribution in [0.25, 0.3) is 0 Å². The predicted molar refractivity (Wildman–Crippen MR) is 131 cm³/mol. The highest BCUT2D eigenvalue weighted by molar-refractivity contribution is 6.42. The average Bonchev–Trinajstić information content (AvgIpc) is 2.83. The molecule has 0 heterocycles. The summed E-state index contributed by atoms with van der Waals surface area (Å²) >= 11 is 17.9. The largest absolute Gasteiger partial charge is 0.486 e. The highest BCUT2D eigenvalue weighted by Gasteiger charge is 2.22. The van der Waals surface area contributed by atoms with E-state index < -0.39 is 21.5 Å². The van der Waals surface area contributed by atoms with Gasteiger partial charge in [0.2, 0.25) is 5.75 Å². The number of hydrogen-bond acceptors (Lipinski definition) is 8. The van der Waals surface area contributed by atoms with Crippen molar-refractivity contribution in [2.45, 2.75) is 12.3 Å². The van der Waals surface area contributed by atoms with Crippen LogP contribution >= 0.6 is 34.8 Å². The van der Waals surface area contributed by atoms with Gasteiger partial charge in [-0.2, -0.15) is 5.26 Å². The van der Waals surface area contributed by atoms with Gasteiger partial charge in [0.25, 0.3) is 5.69 Å². The number of carbonyl (C=O) groups excluding carboxylic acids is 1. The molecule has 184 valence electrons. The minimum atomic E-state index is -1.13. The van der Waals surface area contributed by atoms with Crippen LogP contribution in [-0.2, 0) is 4.79 Å². The molecule has 0 N–H and O–H groups in total. The Morgan fingerprint density at radius 2 is 1.67 bits per heavy atom. The summed E-state index contributed by atoms with van der Waals surface area (Å²) in [4.78, 5) is 33.6. The fourth-order valence-corrected chi connectivity index (χ4v) is 3.59. The molecule has 0 aliphatic rings. The van der Waals surface area contributed by atoms with E-state index in [1.807, 2.05) is 6.07 Å². The molecule has 36 heavy (non-hydrogen) atoms. The molecule has 0 radical (unpaired) electrons. The fourth-order valence-electron chi connectivity index (χ4n) is 3.07. The molecule has 10 nitrogen and oxygen atoms in total. The number of carbonyl (C=O) groups is 1. The highest BCUT2D eigenvalue weighted by atomic mass is 35.5. The van der Waals surface area contributed by atoms with Crippen molar-refractivity contribution < 1.29 is 24.1 Å². The van der Waals surface area contributed by atoms with Crippen LogP contribution < -0.4 is 9.47 Å². The number of nitro groups is 2. The molecule has 0 aromatic heterocycles. The maximum absolute atomic E-state index is 12.6. The molecule has 0 bridgehead atoms. The lowest BCUT2D eigenvalue weighted by atomic mass is 9.94. The number of nitriles is 1. The Balaban J connectivity index is 1.73. The zero-order valence-corrected chi connectivity index (χ0v) is 20.3. The summed E-state index contributed by atoms with van der Waals surface area (Å²) < 4.78 is 11.1. The van der Waals surface area contributed by atoms with Crippen LogP contribution in [-0.4, -0.2) is 22.2 Å². The molecule has 0 aliphatic carbocycles. The monoisotopic (exact) mass is 549 g/mol. The van der Waals surface area contributed by atoms with Gasteiger partial charge in [-0.05, 0) is 29.8 Å². The maximum Gasteiger partial charge on any atom is 0.311 e. The smallest absolute Gasteiger partial charge is 0.311 e. The Kier molecular flexibility index (Phi) is 8.66. The summed E-state index contributed by atoms with van der Waals surface area (Å²) in [7, 11) is 0. The van der Waals surface area contributed by atoms with E-state index in [9.17, 15) is 30.3 Å². The molecule has 3 aromatic rings. The molecule has 0 saturated carbocycles. The molecule has 13 heteroatoms. The second kappa shape index (κ2) is 11.7. The van der Waals surface area contributed by atoms with Gasteiger partial charge in [0.15, 0.2) is 5.78 Å². The number of ether oxygens (including phenoxy) is 2. The SMILES string of the molecule is N#CC(C(=O)CCOc1cc(Oc2ccc([N+](=O)[O-])cc2Cl)ccc1[N+](=O)[O-])c1ccc(Cl)c(Cl)c1. The van der Waals surface area contributed by atoms with Gasteiger partial charge in [-0.3, -0.25) is 25.0 Å². The third-order valence-corrected chi connectivity index (χ3v) is 5.85. The second-order valence-corrected chi connectivity index (χ2v) is 8.38. The number of nitro benzene ring substituents is 2. The Hall–Kier alpha value is -3.91. The summed E-state index contributed by atoms with van der Waals surface area (Å²) in [5, 5.41) is 32.1. The van der Waals surface area contributed by atoms with Crippen molar-refractivity contribution in [1.29, 1.82) is 5.26 Å². The zero-order chi connectivity index (χ0) is 26.4. The first-order chi connectivity index (χ1) is 17.1. The van der Waals surface area contributed by atoms with Crippen LogP contribution in [0.3, 0.4) is 0 Å². The number of benzene rings is 3. The average molecular weight is 551 g/mol. The minimum Gasteiger partial charge on any atom is -0.486 e. The number of rotatable bonds is 10. The van der Waals surface area contributed by atoms with Gasteiger partial charge in [0.05, 0.1) is 37.6 Å². The van der Waals surface area contributed by atoms with E-state index in [0.29, 0.717) is 5.56 Å². The second-order valence-electron chi connectivity index (χ2n) is 7.16. The van der Waals surface area contributed by atoms with Crippen LogP contribution in [0.4, 0.5) is 11.4 Å². The number of ketones is 1. The molecule has 0 amide bonds. The Morgan fingerprint density at radius 1 is 0.917 bits per heavy atom. The summed E-state index contributed by atoms with van der Waals surface area (Å²) in [5.41, 5.74) is -0.259. The first kappa shape index (κ1) is 26.7. The van der Waals surface area contributed by atoms with Gasteiger partial charge in [-0.25, -0.2) is 0 Å². The first-order valence-corrected chi connectivity index (χ1v) is 11.1. The van der Waals surface area contributed by atoms with Crippen molar-refractivity contribution in [3.63, 3.8) is 0 Å². The molecule has 3 aromatic carbocycles. The molecule has 1 atom stereocenters. The lowest BCUT2D eigenvalue weighted by Crippen LogP contribution is -2.14. The molecule has 3 rings (SSSR count). The molecule has 0 fully saturated rings. The molecule has 0 aliphatic heterocycles. The third kappa shape index (κ3) is 6.40. The lowest BCUT2D eigenvalue weighted by Gasteiger charge is -2.12. The van der Waals surface area contributed by atoms with E-state index in [1.165, 1.54) is 42.5 Å². The number of non-ortho nitro benzene ring substituents is 1. The molecular formula is C23H14Cl3N3O7. The fraction of sp³-hybridized carbons (Fsp3) is 0.130. The predicted octanol–water partition coefficient (Wildman–Crippen LogP) is 6.90. The summed E-state index contributed by atoms with van der Waals surface area (Å²) in [6.07, 6.45) is -0.227.